The molecule has 0 spiro atoms. The zero-order valence-corrected chi connectivity index (χ0v) is 17.8. The van der Waals surface area contributed by atoms with Gasteiger partial charge in [-0.3, -0.25) is 0 Å². The number of rotatable bonds is 21. The number of hydrogen-bond acceptors (Lipinski definition) is 1. The molecular weight excluding hydrogens is 306 g/mol. The van der Waals surface area contributed by atoms with Crippen molar-refractivity contribution in [2.45, 2.75) is 135 Å². The second-order valence-corrected chi connectivity index (χ2v) is 7.82. The third-order valence-electron chi connectivity index (χ3n) is 5.28. The van der Waals surface area contributed by atoms with Gasteiger partial charge in [0.1, 0.15) is 0 Å². The Labute approximate surface area is 160 Å². The van der Waals surface area contributed by atoms with Crippen LogP contribution < -0.4 is 5.32 Å². The maximum absolute atomic E-state index is 3.23. The van der Waals surface area contributed by atoms with Gasteiger partial charge in [-0.15, -0.1) is 0 Å². The van der Waals surface area contributed by atoms with Crippen LogP contribution in [0.2, 0.25) is 0 Å². The SMILES string of the molecule is CCCCCCCCCCCCCCCCCCCCCCNC.O. The molecule has 0 saturated carbocycles. The van der Waals surface area contributed by atoms with Crippen LogP contribution in [0.1, 0.15) is 135 Å². The molecule has 0 aromatic heterocycles. The fourth-order valence-corrected chi connectivity index (χ4v) is 3.56. The Morgan fingerprint density at radius 3 is 0.880 bits per heavy atom. The molecule has 0 radical (unpaired) electrons. The lowest BCUT2D eigenvalue weighted by Gasteiger charge is -2.04. The van der Waals surface area contributed by atoms with Gasteiger partial charge < -0.3 is 10.8 Å². The van der Waals surface area contributed by atoms with E-state index in [2.05, 4.69) is 19.3 Å². The van der Waals surface area contributed by atoms with Gasteiger partial charge in [0.25, 0.3) is 0 Å². The summed E-state index contributed by atoms with van der Waals surface area (Å²) in [7, 11) is 2.05. The highest BCUT2D eigenvalue weighted by Crippen LogP contribution is 2.14. The Hall–Kier alpha value is -0.0800. The molecule has 0 aliphatic rings. The third-order valence-corrected chi connectivity index (χ3v) is 5.28. The summed E-state index contributed by atoms with van der Waals surface area (Å²) in [5.41, 5.74) is 0. The zero-order chi connectivity index (χ0) is 17.6. The summed E-state index contributed by atoms with van der Waals surface area (Å²) in [4.78, 5) is 0. The maximum Gasteiger partial charge on any atom is -0.00519 e. The van der Waals surface area contributed by atoms with E-state index in [0.29, 0.717) is 0 Å². The molecule has 0 heterocycles. The van der Waals surface area contributed by atoms with Crippen molar-refractivity contribution in [1.29, 1.82) is 0 Å². The molecule has 0 saturated heterocycles. The Kier molecular flexibility index (Phi) is 28.4. The van der Waals surface area contributed by atoms with E-state index in [0.717, 1.165) is 0 Å². The van der Waals surface area contributed by atoms with Gasteiger partial charge in [-0.1, -0.05) is 129 Å². The van der Waals surface area contributed by atoms with Crippen LogP contribution in [0.25, 0.3) is 0 Å². The normalized spacial score (nSPS) is 10.8. The second kappa shape index (κ2) is 26.2. The molecule has 154 valence electrons. The van der Waals surface area contributed by atoms with Gasteiger partial charge in [-0.25, -0.2) is 0 Å². The van der Waals surface area contributed by atoms with Crippen molar-refractivity contribution in [3.8, 4) is 0 Å². The average molecular weight is 358 g/mol. The molecule has 0 amide bonds. The van der Waals surface area contributed by atoms with Crippen molar-refractivity contribution in [3.63, 3.8) is 0 Å². The Morgan fingerprint density at radius 1 is 0.400 bits per heavy atom. The second-order valence-electron chi connectivity index (χ2n) is 7.82. The Bertz CT molecular complexity index is 186. The third kappa shape index (κ3) is 26.3. The Morgan fingerprint density at radius 2 is 0.640 bits per heavy atom. The summed E-state index contributed by atoms with van der Waals surface area (Å²) in [6, 6.07) is 0. The van der Waals surface area contributed by atoms with Crippen LogP contribution in [-0.4, -0.2) is 19.1 Å². The van der Waals surface area contributed by atoms with Gasteiger partial charge in [0.15, 0.2) is 0 Å². The molecule has 0 aromatic carbocycles. The number of nitrogens with one attached hydrogen (secondary N) is 1. The molecule has 0 rings (SSSR count). The molecule has 25 heavy (non-hydrogen) atoms. The van der Waals surface area contributed by atoms with Crippen LogP contribution in [-0.2, 0) is 0 Å². The van der Waals surface area contributed by atoms with E-state index < -0.39 is 0 Å². The van der Waals surface area contributed by atoms with Crippen molar-refractivity contribution < 1.29 is 5.48 Å². The molecular formula is C23H51NO. The molecule has 0 unspecified atom stereocenters. The fraction of sp³-hybridized carbons (Fsp3) is 1.00. The molecule has 0 aromatic rings. The average Bonchev–Trinajstić information content (AvgIpc) is 2.60. The predicted octanol–water partition coefficient (Wildman–Crippen LogP) is 7.20. The summed E-state index contributed by atoms with van der Waals surface area (Å²) < 4.78 is 0. The van der Waals surface area contributed by atoms with Gasteiger partial charge in [0.05, 0.1) is 0 Å². The first kappa shape index (κ1) is 27.1. The van der Waals surface area contributed by atoms with Crippen molar-refractivity contribution in [2.75, 3.05) is 13.6 Å². The lowest BCUT2D eigenvalue weighted by Crippen LogP contribution is -2.06. The summed E-state index contributed by atoms with van der Waals surface area (Å²) >= 11 is 0. The highest BCUT2D eigenvalue weighted by molar-refractivity contribution is 4.51. The molecule has 3 N–H and O–H groups in total. The monoisotopic (exact) mass is 357 g/mol. The van der Waals surface area contributed by atoms with Gasteiger partial charge in [0.2, 0.25) is 0 Å². The molecule has 2 heteroatoms. The van der Waals surface area contributed by atoms with Crippen LogP contribution >= 0.6 is 0 Å². The van der Waals surface area contributed by atoms with E-state index in [1.165, 1.54) is 135 Å². The number of hydrogen-bond donors (Lipinski definition) is 1. The van der Waals surface area contributed by atoms with Gasteiger partial charge >= 0.3 is 0 Å². The summed E-state index contributed by atoms with van der Waals surface area (Å²) in [6.45, 7) is 3.49. The van der Waals surface area contributed by atoms with E-state index in [1.54, 1.807) is 0 Å². The lowest BCUT2D eigenvalue weighted by molar-refractivity contribution is 0.521. The minimum Gasteiger partial charge on any atom is -0.412 e. The minimum atomic E-state index is 0. The lowest BCUT2D eigenvalue weighted by atomic mass is 10.0. The topological polar surface area (TPSA) is 43.5 Å². The van der Waals surface area contributed by atoms with Crippen molar-refractivity contribution in [3.05, 3.63) is 0 Å². The number of unbranched alkanes of at least 4 members (excludes halogenated alkanes) is 19. The fourth-order valence-electron chi connectivity index (χ4n) is 3.56. The van der Waals surface area contributed by atoms with Crippen LogP contribution in [0.4, 0.5) is 0 Å². The summed E-state index contributed by atoms with van der Waals surface area (Å²) in [5, 5.41) is 3.23. The van der Waals surface area contributed by atoms with E-state index in [9.17, 15) is 0 Å². The van der Waals surface area contributed by atoms with Crippen molar-refractivity contribution in [1.82, 2.24) is 5.32 Å². The molecule has 0 fully saturated rings. The smallest absolute Gasteiger partial charge is 0.00519 e. The van der Waals surface area contributed by atoms with E-state index >= 15 is 0 Å². The summed E-state index contributed by atoms with van der Waals surface area (Å²) in [5.74, 6) is 0. The van der Waals surface area contributed by atoms with Crippen LogP contribution in [0.3, 0.4) is 0 Å². The standard InChI is InChI=1S/C23H49N.H2O/c1-3-4-5-6-7-8-9-10-11-12-13-14-15-16-17-18-19-20-21-22-23-24-2;/h24H,3-23H2,1-2H3;1H2. The first-order valence-electron chi connectivity index (χ1n) is 11.6. The van der Waals surface area contributed by atoms with E-state index in [4.69, 9.17) is 0 Å². The predicted molar refractivity (Wildman–Crippen MR) is 116 cm³/mol. The quantitative estimate of drug-likeness (QED) is 0.217. The van der Waals surface area contributed by atoms with E-state index in [-0.39, 0.29) is 5.48 Å². The molecule has 0 aliphatic heterocycles. The van der Waals surface area contributed by atoms with Gasteiger partial charge in [0, 0.05) is 0 Å². The highest BCUT2D eigenvalue weighted by atomic mass is 16.0. The molecule has 0 aliphatic carbocycles. The van der Waals surface area contributed by atoms with Crippen LogP contribution in [0.15, 0.2) is 0 Å². The highest BCUT2D eigenvalue weighted by Gasteiger charge is 1.95. The zero-order valence-electron chi connectivity index (χ0n) is 17.8. The Balaban J connectivity index is 0. The van der Waals surface area contributed by atoms with Crippen molar-refractivity contribution >= 4 is 0 Å². The first-order valence-corrected chi connectivity index (χ1v) is 11.6. The van der Waals surface area contributed by atoms with Gasteiger partial charge in [-0.05, 0) is 20.0 Å². The molecule has 2 nitrogen and oxygen atoms in total. The largest absolute Gasteiger partial charge is 0.412 e. The van der Waals surface area contributed by atoms with Crippen LogP contribution in [0, 0.1) is 0 Å². The maximum atomic E-state index is 3.23. The minimum absolute atomic E-state index is 0. The van der Waals surface area contributed by atoms with Crippen LogP contribution in [0.5, 0.6) is 0 Å². The van der Waals surface area contributed by atoms with Crippen molar-refractivity contribution in [2.24, 2.45) is 0 Å². The van der Waals surface area contributed by atoms with E-state index in [1.807, 2.05) is 0 Å². The molecule has 0 atom stereocenters. The van der Waals surface area contributed by atoms with Gasteiger partial charge in [-0.2, -0.15) is 0 Å². The first-order chi connectivity index (χ1) is 11.9. The summed E-state index contributed by atoms with van der Waals surface area (Å²) in [6.07, 6.45) is 29.2. The molecule has 0 bridgehead atoms.